The number of aromatic nitrogens is 2. The summed E-state index contributed by atoms with van der Waals surface area (Å²) in [5, 5.41) is 5.90. The molecule has 0 bridgehead atoms. The molecule has 0 radical (unpaired) electrons. The van der Waals surface area contributed by atoms with Crippen molar-refractivity contribution >= 4 is 27.5 Å². The zero-order chi connectivity index (χ0) is 21.6. The molecular formula is C16H15F3N4O5S. The molecule has 0 spiro atoms. The van der Waals surface area contributed by atoms with Crippen LogP contribution in [0.25, 0.3) is 0 Å². The highest BCUT2D eigenvalue weighted by Gasteiger charge is 2.36. The summed E-state index contributed by atoms with van der Waals surface area (Å²) < 4.78 is 70.9. The van der Waals surface area contributed by atoms with Gasteiger partial charge in [-0.2, -0.15) is 18.3 Å². The number of nitrogens with one attached hydrogen (secondary N) is 2. The molecule has 1 aromatic carbocycles. The molecule has 1 aliphatic heterocycles. The average molecular weight is 432 g/mol. The maximum atomic E-state index is 12.8. The van der Waals surface area contributed by atoms with Gasteiger partial charge in [-0.3, -0.25) is 14.3 Å². The lowest BCUT2D eigenvalue weighted by atomic mass is 10.2. The van der Waals surface area contributed by atoms with E-state index in [0.29, 0.717) is 17.2 Å². The van der Waals surface area contributed by atoms with Gasteiger partial charge in [-0.15, -0.1) is 0 Å². The molecule has 1 unspecified atom stereocenters. The highest BCUT2D eigenvalue weighted by Crippen LogP contribution is 2.33. The molecule has 0 saturated carbocycles. The molecule has 0 saturated heterocycles. The van der Waals surface area contributed by atoms with E-state index in [-0.39, 0.29) is 11.4 Å². The number of alkyl halides is 3. The van der Waals surface area contributed by atoms with Crippen LogP contribution in [-0.4, -0.2) is 36.1 Å². The predicted octanol–water partition coefficient (Wildman–Crippen LogP) is 1.67. The number of hydrogen-bond acceptors (Lipinski definition) is 6. The lowest BCUT2D eigenvalue weighted by Gasteiger charge is -2.25. The topological polar surface area (TPSA) is 119 Å². The highest BCUT2D eigenvalue weighted by molar-refractivity contribution is 7.90. The molecule has 13 heteroatoms. The first-order valence-corrected chi connectivity index (χ1v) is 9.70. The number of benzene rings is 1. The fourth-order valence-electron chi connectivity index (χ4n) is 2.64. The second-order valence-electron chi connectivity index (χ2n) is 6.13. The van der Waals surface area contributed by atoms with Crippen molar-refractivity contribution in [1.29, 1.82) is 0 Å². The number of halogens is 3. The molecule has 29 heavy (non-hydrogen) atoms. The number of ether oxygens (including phenoxy) is 1. The van der Waals surface area contributed by atoms with Crippen LogP contribution in [-0.2, 0) is 28.0 Å². The maximum Gasteiger partial charge on any atom is 0.433 e. The summed E-state index contributed by atoms with van der Waals surface area (Å²) in [5.74, 6) is -1.53. The van der Waals surface area contributed by atoms with E-state index in [1.165, 1.54) is 6.07 Å². The first-order valence-electron chi connectivity index (χ1n) is 8.22. The summed E-state index contributed by atoms with van der Waals surface area (Å²) >= 11 is 0. The molecule has 0 aliphatic carbocycles. The third kappa shape index (κ3) is 4.04. The van der Waals surface area contributed by atoms with Gasteiger partial charge < -0.3 is 10.1 Å². The Morgan fingerprint density at radius 3 is 2.62 bits per heavy atom. The molecule has 156 valence electrons. The number of amides is 2. The zero-order valence-corrected chi connectivity index (χ0v) is 15.9. The summed E-state index contributed by atoms with van der Waals surface area (Å²) in [6, 6.07) is 3.96. The van der Waals surface area contributed by atoms with E-state index >= 15 is 0 Å². The lowest BCUT2D eigenvalue weighted by Crippen LogP contribution is -2.36. The summed E-state index contributed by atoms with van der Waals surface area (Å²) in [6.07, 6.45) is -5.06. The number of aryl methyl sites for hydroxylation is 1. The maximum absolute atomic E-state index is 12.8. The van der Waals surface area contributed by atoms with Gasteiger partial charge in [0, 0.05) is 13.1 Å². The second-order valence-corrected chi connectivity index (χ2v) is 7.82. The van der Waals surface area contributed by atoms with Crippen molar-refractivity contribution in [3.05, 3.63) is 35.7 Å². The van der Waals surface area contributed by atoms with Crippen LogP contribution >= 0.6 is 0 Å². The second kappa shape index (κ2) is 7.06. The molecule has 2 aromatic rings. The van der Waals surface area contributed by atoms with Crippen molar-refractivity contribution in [3.63, 3.8) is 0 Å². The van der Waals surface area contributed by atoms with Gasteiger partial charge in [0.1, 0.15) is 11.4 Å². The largest absolute Gasteiger partial charge is 0.478 e. The molecular weight excluding hydrogens is 417 g/mol. The van der Waals surface area contributed by atoms with Gasteiger partial charge in [-0.25, -0.2) is 13.1 Å². The van der Waals surface area contributed by atoms with Crippen LogP contribution in [0.3, 0.4) is 0 Å². The van der Waals surface area contributed by atoms with Crippen molar-refractivity contribution in [2.75, 3.05) is 5.32 Å². The van der Waals surface area contributed by atoms with Crippen molar-refractivity contribution in [3.8, 4) is 5.75 Å². The number of sulfonamides is 1. The third-order valence-corrected chi connectivity index (χ3v) is 5.41. The number of fused-ring (bicyclic) bond motifs is 1. The minimum atomic E-state index is -4.76. The van der Waals surface area contributed by atoms with E-state index in [0.717, 1.165) is 19.2 Å². The van der Waals surface area contributed by atoms with E-state index in [2.05, 4.69) is 10.4 Å². The first kappa shape index (κ1) is 20.6. The lowest BCUT2D eigenvalue weighted by molar-refractivity contribution is -0.143. The van der Waals surface area contributed by atoms with Crippen LogP contribution in [0.4, 0.5) is 18.9 Å². The van der Waals surface area contributed by atoms with Crippen LogP contribution in [0.1, 0.15) is 29.5 Å². The SMILES string of the molecule is CCC1Oc2ccc(S(=O)(=O)NC(=O)c3cc(C(F)(F)F)n(C)n3)cc2NC1=O. The number of carbonyl (C=O) groups excluding carboxylic acids is 2. The highest BCUT2D eigenvalue weighted by atomic mass is 32.2. The number of carbonyl (C=O) groups is 2. The Morgan fingerprint density at radius 1 is 1.34 bits per heavy atom. The van der Waals surface area contributed by atoms with E-state index in [1.807, 2.05) is 0 Å². The van der Waals surface area contributed by atoms with Crippen molar-refractivity contribution in [2.24, 2.45) is 7.05 Å². The van der Waals surface area contributed by atoms with Crippen LogP contribution in [0.15, 0.2) is 29.2 Å². The fraction of sp³-hybridized carbons (Fsp3) is 0.312. The van der Waals surface area contributed by atoms with Crippen LogP contribution < -0.4 is 14.8 Å². The van der Waals surface area contributed by atoms with Gasteiger partial charge in [-0.1, -0.05) is 6.92 Å². The van der Waals surface area contributed by atoms with E-state index in [9.17, 15) is 31.2 Å². The smallest absolute Gasteiger partial charge is 0.433 e. The van der Waals surface area contributed by atoms with Gasteiger partial charge in [0.2, 0.25) is 0 Å². The Balaban J connectivity index is 1.84. The molecule has 2 amide bonds. The molecule has 1 aromatic heterocycles. The fourth-order valence-corrected chi connectivity index (χ4v) is 3.63. The summed E-state index contributed by atoms with van der Waals surface area (Å²) in [5.41, 5.74) is -1.84. The quantitative estimate of drug-likeness (QED) is 0.759. The standard InChI is InChI=1S/C16H15F3N4O5S/c1-3-11-15(25)20-9-6-8(4-5-12(9)28-11)29(26,27)22-14(24)10-7-13(16(17,18)19)23(2)21-10/h4-7,11H,3H2,1-2H3,(H,20,25)(H,22,24). The monoisotopic (exact) mass is 432 g/mol. The van der Waals surface area contributed by atoms with Gasteiger partial charge in [0.25, 0.3) is 21.8 Å². The Kier molecular flexibility index (Phi) is 5.03. The van der Waals surface area contributed by atoms with E-state index < -0.39 is 50.4 Å². The number of anilines is 1. The van der Waals surface area contributed by atoms with Gasteiger partial charge in [0.05, 0.1) is 10.6 Å². The Hall–Kier alpha value is -3.09. The predicted molar refractivity (Wildman–Crippen MR) is 92.6 cm³/mol. The third-order valence-electron chi connectivity index (χ3n) is 4.08. The Bertz CT molecular complexity index is 1090. The van der Waals surface area contributed by atoms with Crippen molar-refractivity contribution < 1.29 is 35.9 Å². The number of hydrogen-bond donors (Lipinski definition) is 2. The van der Waals surface area contributed by atoms with Crippen LogP contribution in [0.5, 0.6) is 5.75 Å². The average Bonchev–Trinajstić information content (AvgIpc) is 3.02. The molecule has 3 rings (SSSR count). The van der Waals surface area contributed by atoms with Gasteiger partial charge in [0.15, 0.2) is 11.8 Å². The van der Waals surface area contributed by atoms with Crippen molar-refractivity contribution in [2.45, 2.75) is 30.5 Å². The summed E-state index contributed by atoms with van der Waals surface area (Å²) in [4.78, 5) is 23.6. The molecule has 0 fully saturated rings. The minimum Gasteiger partial charge on any atom is -0.478 e. The summed E-state index contributed by atoms with van der Waals surface area (Å²) in [7, 11) is -3.48. The van der Waals surface area contributed by atoms with Gasteiger partial charge >= 0.3 is 6.18 Å². The molecule has 2 N–H and O–H groups in total. The van der Waals surface area contributed by atoms with Crippen molar-refractivity contribution in [1.82, 2.24) is 14.5 Å². The number of rotatable bonds is 4. The molecule has 9 nitrogen and oxygen atoms in total. The minimum absolute atomic E-state index is 0.0900. The Morgan fingerprint density at radius 2 is 2.03 bits per heavy atom. The normalized spacial score (nSPS) is 16.6. The first-order chi connectivity index (χ1) is 13.4. The van der Waals surface area contributed by atoms with Gasteiger partial charge in [-0.05, 0) is 24.6 Å². The zero-order valence-electron chi connectivity index (χ0n) is 15.1. The molecule has 2 heterocycles. The molecule has 1 aliphatic rings. The van der Waals surface area contributed by atoms with E-state index in [4.69, 9.17) is 4.74 Å². The Labute approximate surface area is 162 Å². The number of nitrogens with zero attached hydrogens (tertiary/aromatic N) is 2. The van der Waals surface area contributed by atoms with Crippen LogP contribution in [0.2, 0.25) is 0 Å². The van der Waals surface area contributed by atoms with E-state index in [1.54, 1.807) is 11.6 Å². The molecule has 1 atom stereocenters. The summed E-state index contributed by atoms with van der Waals surface area (Å²) in [6.45, 7) is 1.74. The van der Waals surface area contributed by atoms with Crippen LogP contribution in [0, 0.1) is 0 Å².